The lowest BCUT2D eigenvalue weighted by atomic mass is 10.1. The van der Waals surface area contributed by atoms with Gasteiger partial charge in [-0.2, -0.15) is 0 Å². The van der Waals surface area contributed by atoms with Gasteiger partial charge in [0.25, 0.3) is 5.91 Å². The molecule has 1 fully saturated rings. The summed E-state index contributed by atoms with van der Waals surface area (Å²) in [5, 5.41) is 4.10. The van der Waals surface area contributed by atoms with Crippen LogP contribution in [0.2, 0.25) is 10.0 Å². The highest BCUT2D eigenvalue weighted by Crippen LogP contribution is 2.33. The number of amides is 1. The molecule has 29 heavy (non-hydrogen) atoms. The van der Waals surface area contributed by atoms with E-state index < -0.39 is 0 Å². The van der Waals surface area contributed by atoms with Gasteiger partial charge in [-0.15, -0.1) is 0 Å². The van der Waals surface area contributed by atoms with Crippen LogP contribution >= 0.6 is 47.2 Å². The Morgan fingerprint density at radius 3 is 2.41 bits per heavy atom. The Balaban J connectivity index is 1.68. The summed E-state index contributed by atoms with van der Waals surface area (Å²) in [5.41, 5.74) is 2.91. The number of benzene rings is 2. The van der Waals surface area contributed by atoms with E-state index in [1.807, 2.05) is 18.2 Å². The van der Waals surface area contributed by atoms with Crippen molar-refractivity contribution in [3.8, 4) is 0 Å². The highest BCUT2D eigenvalue weighted by Gasteiger charge is 2.31. The first-order valence-electron chi connectivity index (χ1n) is 9.22. The van der Waals surface area contributed by atoms with Gasteiger partial charge in [0.05, 0.1) is 21.6 Å². The smallest absolute Gasteiger partial charge is 0.267 e. The third-order valence-corrected chi connectivity index (χ3v) is 6.67. The Hall–Kier alpha value is -1.73. The first kappa shape index (κ1) is 22.0. The zero-order chi connectivity index (χ0) is 21.0. The van der Waals surface area contributed by atoms with Crippen LogP contribution in [0, 0.1) is 0 Å². The first-order valence-corrected chi connectivity index (χ1v) is 11.2. The van der Waals surface area contributed by atoms with Crippen molar-refractivity contribution in [2.75, 3.05) is 30.0 Å². The van der Waals surface area contributed by atoms with Gasteiger partial charge in [-0.3, -0.25) is 9.69 Å². The van der Waals surface area contributed by atoms with E-state index in [-0.39, 0.29) is 12.6 Å². The van der Waals surface area contributed by atoms with Crippen LogP contribution in [0.15, 0.2) is 47.4 Å². The van der Waals surface area contributed by atoms with Gasteiger partial charge in [-0.05, 0) is 55.8 Å². The second-order valence-electron chi connectivity index (χ2n) is 6.34. The summed E-state index contributed by atoms with van der Waals surface area (Å²) < 4.78 is 0.522. The van der Waals surface area contributed by atoms with E-state index in [0.717, 1.165) is 24.3 Å². The number of nitrogens with one attached hydrogen (secondary N) is 1. The number of anilines is 2. The fraction of sp³-hybridized carbons (Fsp3) is 0.238. The summed E-state index contributed by atoms with van der Waals surface area (Å²) >= 11 is 18.7. The van der Waals surface area contributed by atoms with Crippen LogP contribution in [0.3, 0.4) is 0 Å². The Labute approximate surface area is 190 Å². The van der Waals surface area contributed by atoms with E-state index in [0.29, 0.717) is 19.3 Å². The van der Waals surface area contributed by atoms with Crippen LogP contribution in [0.25, 0.3) is 6.08 Å². The molecule has 0 atom stereocenters. The summed E-state index contributed by atoms with van der Waals surface area (Å²) in [7, 11) is 0. The predicted octanol–water partition coefficient (Wildman–Crippen LogP) is 6.11. The van der Waals surface area contributed by atoms with Crippen LogP contribution in [-0.4, -0.2) is 34.9 Å². The van der Waals surface area contributed by atoms with Crippen molar-refractivity contribution >= 4 is 74.9 Å². The number of nitrogens with zero attached hydrogens (tertiary/aromatic N) is 2. The van der Waals surface area contributed by atoms with E-state index in [9.17, 15) is 4.79 Å². The standard InChI is InChI=1S/C21H21Cl2N3OS2/c1-3-25(4-2)16-8-5-14(6-9-16)11-19-20(27)26(21(28)29-19)13-24-15-7-10-17(22)18(23)12-15/h5-12,24H,3-4,13H2,1-2H3/b19-11+. The van der Waals surface area contributed by atoms with E-state index in [1.54, 1.807) is 23.1 Å². The number of thioether (sulfide) groups is 1. The van der Waals surface area contributed by atoms with Crippen LogP contribution in [0.4, 0.5) is 11.4 Å². The van der Waals surface area contributed by atoms with E-state index in [2.05, 4.69) is 36.2 Å². The Bertz CT molecular complexity index is 943. The average Bonchev–Trinajstić information content (AvgIpc) is 2.98. The zero-order valence-corrected chi connectivity index (χ0v) is 19.3. The lowest BCUT2D eigenvalue weighted by molar-refractivity contribution is -0.121. The van der Waals surface area contributed by atoms with Gasteiger partial charge in [0, 0.05) is 24.5 Å². The molecule has 0 unspecified atom stereocenters. The van der Waals surface area contributed by atoms with Crippen molar-refractivity contribution in [1.82, 2.24) is 4.90 Å². The van der Waals surface area contributed by atoms with Crippen LogP contribution < -0.4 is 10.2 Å². The van der Waals surface area contributed by atoms with Gasteiger partial charge in [0.2, 0.25) is 0 Å². The fourth-order valence-corrected chi connectivity index (χ4v) is 4.49. The molecule has 0 spiro atoms. The third-order valence-electron chi connectivity index (χ3n) is 4.55. The van der Waals surface area contributed by atoms with Crippen molar-refractivity contribution in [2.24, 2.45) is 0 Å². The van der Waals surface area contributed by atoms with Crippen molar-refractivity contribution in [1.29, 1.82) is 0 Å². The van der Waals surface area contributed by atoms with Crippen molar-refractivity contribution < 1.29 is 4.79 Å². The summed E-state index contributed by atoms with van der Waals surface area (Å²) in [6, 6.07) is 13.4. The summed E-state index contributed by atoms with van der Waals surface area (Å²) in [4.78, 5) is 17.2. The van der Waals surface area contributed by atoms with E-state index in [1.165, 1.54) is 17.4 Å². The SMILES string of the molecule is CCN(CC)c1ccc(/C=C2/SC(=S)N(CNc3ccc(Cl)c(Cl)c3)C2=O)cc1. The molecule has 0 bridgehead atoms. The molecule has 1 amide bonds. The molecule has 8 heteroatoms. The maximum absolute atomic E-state index is 12.8. The lowest BCUT2D eigenvalue weighted by Gasteiger charge is -2.20. The average molecular weight is 466 g/mol. The Morgan fingerprint density at radius 1 is 1.10 bits per heavy atom. The minimum absolute atomic E-state index is 0.111. The maximum atomic E-state index is 12.8. The number of carbonyl (C=O) groups excluding carboxylic acids is 1. The minimum atomic E-state index is -0.111. The Morgan fingerprint density at radius 2 is 1.79 bits per heavy atom. The third kappa shape index (κ3) is 5.25. The van der Waals surface area contributed by atoms with E-state index >= 15 is 0 Å². The topological polar surface area (TPSA) is 35.6 Å². The van der Waals surface area contributed by atoms with Gasteiger partial charge in [0.15, 0.2) is 0 Å². The van der Waals surface area contributed by atoms with Crippen LogP contribution in [0.5, 0.6) is 0 Å². The lowest BCUT2D eigenvalue weighted by Crippen LogP contribution is -2.33. The second kappa shape index (κ2) is 9.85. The molecule has 0 aliphatic carbocycles. The molecule has 4 nitrogen and oxygen atoms in total. The predicted molar refractivity (Wildman–Crippen MR) is 130 cm³/mol. The number of thiocarbonyl (C=S) groups is 1. The molecule has 152 valence electrons. The molecule has 1 aliphatic rings. The van der Waals surface area contributed by atoms with Gasteiger partial charge in [-0.1, -0.05) is 59.3 Å². The molecule has 2 aromatic rings. The van der Waals surface area contributed by atoms with Crippen LogP contribution in [0.1, 0.15) is 19.4 Å². The van der Waals surface area contributed by atoms with E-state index in [4.69, 9.17) is 35.4 Å². The van der Waals surface area contributed by atoms with Gasteiger partial charge in [-0.25, -0.2) is 0 Å². The van der Waals surface area contributed by atoms with Gasteiger partial charge < -0.3 is 10.2 Å². The minimum Gasteiger partial charge on any atom is -0.372 e. The quantitative estimate of drug-likeness (QED) is 0.394. The molecule has 0 aromatic heterocycles. The molecular formula is C21H21Cl2N3OS2. The molecular weight excluding hydrogens is 445 g/mol. The van der Waals surface area contributed by atoms with Crippen molar-refractivity contribution in [3.63, 3.8) is 0 Å². The highest BCUT2D eigenvalue weighted by atomic mass is 35.5. The molecule has 0 radical (unpaired) electrons. The number of hydrogen-bond acceptors (Lipinski definition) is 5. The van der Waals surface area contributed by atoms with Crippen LogP contribution in [-0.2, 0) is 4.79 Å². The fourth-order valence-electron chi connectivity index (χ4n) is 2.93. The normalized spacial score (nSPS) is 15.3. The maximum Gasteiger partial charge on any atom is 0.267 e. The van der Waals surface area contributed by atoms with Gasteiger partial charge >= 0.3 is 0 Å². The zero-order valence-electron chi connectivity index (χ0n) is 16.1. The number of rotatable bonds is 7. The van der Waals surface area contributed by atoms with Crippen molar-refractivity contribution in [3.05, 3.63) is 63.0 Å². The Kier molecular flexibility index (Phi) is 7.46. The summed E-state index contributed by atoms with van der Waals surface area (Å²) in [6.45, 7) is 6.45. The molecule has 1 saturated heterocycles. The number of carbonyl (C=O) groups is 1. The number of hydrogen-bond donors (Lipinski definition) is 1. The summed E-state index contributed by atoms with van der Waals surface area (Å²) in [5.74, 6) is -0.111. The van der Waals surface area contributed by atoms with Crippen molar-refractivity contribution in [2.45, 2.75) is 13.8 Å². The molecule has 0 saturated carbocycles. The molecule has 3 rings (SSSR count). The molecule has 2 aromatic carbocycles. The first-order chi connectivity index (χ1) is 13.9. The highest BCUT2D eigenvalue weighted by molar-refractivity contribution is 8.26. The van der Waals surface area contributed by atoms with Gasteiger partial charge in [0.1, 0.15) is 4.32 Å². The number of halogens is 2. The molecule has 1 aliphatic heterocycles. The molecule has 1 heterocycles. The monoisotopic (exact) mass is 465 g/mol. The second-order valence-corrected chi connectivity index (χ2v) is 8.83. The largest absolute Gasteiger partial charge is 0.372 e. The summed E-state index contributed by atoms with van der Waals surface area (Å²) in [6.07, 6.45) is 1.88. The molecule has 1 N–H and O–H groups in total.